The van der Waals surface area contributed by atoms with Crippen molar-refractivity contribution in [1.29, 1.82) is 0 Å². The van der Waals surface area contributed by atoms with E-state index in [2.05, 4.69) is 10.1 Å². The van der Waals surface area contributed by atoms with E-state index < -0.39 is 12.1 Å². The summed E-state index contributed by atoms with van der Waals surface area (Å²) < 4.78 is 39.8. The topological polar surface area (TPSA) is 38.3 Å². The summed E-state index contributed by atoms with van der Waals surface area (Å²) >= 11 is 0. The molecule has 1 aromatic rings. The first kappa shape index (κ1) is 14.5. The highest BCUT2D eigenvalue weighted by Gasteiger charge is 2.31. The molecule has 0 bridgehead atoms. The van der Waals surface area contributed by atoms with E-state index in [-0.39, 0.29) is 23.9 Å². The van der Waals surface area contributed by atoms with Crippen molar-refractivity contribution in [1.82, 2.24) is 5.32 Å². The Labute approximate surface area is 103 Å². The second-order valence-electron chi connectivity index (χ2n) is 4.03. The lowest BCUT2D eigenvalue weighted by Crippen LogP contribution is -2.29. The molecule has 0 saturated carbocycles. The molecule has 0 saturated heterocycles. The number of ether oxygens (including phenoxy) is 1. The van der Waals surface area contributed by atoms with Crippen molar-refractivity contribution in [2.75, 3.05) is 6.54 Å². The first-order valence-electron chi connectivity index (χ1n) is 5.40. The molecule has 0 fully saturated rings. The molecule has 0 aliphatic rings. The second-order valence-corrected chi connectivity index (χ2v) is 4.03. The third-order valence-corrected chi connectivity index (χ3v) is 2.06. The van der Waals surface area contributed by atoms with E-state index >= 15 is 0 Å². The van der Waals surface area contributed by atoms with Gasteiger partial charge in [0.1, 0.15) is 5.75 Å². The predicted octanol–water partition coefficient (Wildman–Crippen LogP) is 2.77. The molecule has 0 aromatic heterocycles. The van der Waals surface area contributed by atoms with Crippen LogP contribution in [0, 0.1) is 0 Å². The lowest BCUT2D eigenvalue weighted by atomic mass is 10.1. The second kappa shape index (κ2) is 5.86. The van der Waals surface area contributed by atoms with Gasteiger partial charge in [0, 0.05) is 11.6 Å². The van der Waals surface area contributed by atoms with Gasteiger partial charge in [0.25, 0.3) is 0 Å². The molecule has 0 aliphatic heterocycles. The average molecular weight is 261 g/mol. The molecule has 1 rings (SSSR count). The predicted molar refractivity (Wildman–Crippen MR) is 60.6 cm³/mol. The third kappa shape index (κ3) is 5.18. The summed E-state index contributed by atoms with van der Waals surface area (Å²) in [5, 5.41) is 2.90. The fourth-order valence-corrected chi connectivity index (χ4v) is 1.27. The summed E-state index contributed by atoms with van der Waals surface area (Å²) in [6, 6.07) is 5.17. The smallest absolute Gasteiger partial charge is 0.406 e. The number of alkyl halides is 3. The molecule has 1 aromatic carbocycles. The Bertz CT molecular complexity index is 416. The number of ketones is 1. The molecule has 0 atom stereocenters. The Morgan fingerprint density at radius 2 is 2.06 bits per heavy atom. The monoisotopic (exact) mass is 261 g/mol. The molecule has 0 radical (unpaired) electrons. The van der Waals surface area contributed by atoms with Gasteiger partial charge < -0.3 is 10.1 Å². The molecule has 0 aliphatic carbocycles. The van der Waals surface area contributed by atoms with Crippen molar-refractivity contribution in [3.8, 4) is 5.75 Å². The molecule has 0 heterocycles. The molecular weight excluding hydrogens is 247 g/mol. The quantitative estimate of drug-likeness (QED) is 0.828. The number of hydrogen-bond acceptors (Lipinski definition) is 3. The number of hydrogen-bond donors (Lipinski definition) is 1. The number of rotatable bonds is 5. The van der Waals surface area contributed by atoms with Gasteiger partial charge in [-0.3, -0.25) is 4.79 Å². The fraction of sp³-hybridized carbons (Fsp3) is 0.417. The van der Waals surface area contributed by atoms with E-state index in [0.717, 1.165) is 12.1 Å². The van der Waals surface area contributed by atoms with E-state index in [4.69, 9.17) is 0 Å². The standard InChI is InChI=1S/C12H14F3NO2/c1-8(2)16-7-11(17)9-4-3-5-10(6-9)18-12(13,14)15/h3-6,8,16H,7H2,1-2H3. The molecule has 100 valence electrons. The van der Waals surface area contributed by atoms with Gasteiger partial charge in [-0.2, -0.15) is 0 Å². The Balaban J connectivity index is 2.72. The van der Waals surface area contributed by atoms with Crippen LogP contribution in [-0.2, 0) is 0 Å². The first-order valence-corrected chi connectivity index (χ1v) is 5.40. The van der Waals surface area contributed by atoms with Crippen LogP contribution in [0.3, 0.4) is 0 Å². The van der Waals surface area contributed by atoms with E-state index in [1.807, 2.05) is 13.8 Å². The molecule has 6 heteroatoms. The largest absolute Gasteiger partial charge is 0.573 e. The van der Waals surface area contributed by atoms with E-state index in [1.165, 1.54) is 12.1 Å². The van der Waals surface area contributed by atoms with Crippen molar-refractivity contribution >= 4 is 5.78 Å². The summed E-state index contributed by atoms with van der Waals surface area (Å²) in [5.41, 5.74) is 0.185. The Kier molecular flexibility index (Phi) is 4.72. The number of Topliss-reactive ketones (excluding diaryl/α,β-unsaturated/α-hetero) is 1. The van der Waals surface area contributed by atoms with Crippen LogP contribution in [0.4, 0.5) is 13.2 Å². The SMILES string of the molecule is CC(C)NCC(=O)c1cccc(OC(F)(F)F)c1. The maximum atomic E-state index is 12.0. The highest BCUT2D eigenvalue weighted by atomic mass is 19.4. The van der Waals surface area contributed by atoms with Crippen LogP contribution in [0.15, 0.2) is 24.3 Å². The summed E-state index contributed by atoms with van der Waals surface area (Å²) in [6.07, 6.45) is -4.75. The summed E-state index contributed by atoms with van der Waals surface area (Å²) in [6.45, 7) is 3.82. The normalized spacial score (nSPS) is 11.7. The average Bonchev–Trinajstić information content (AvgIpc) is 2.23. The minimum absolute atomic E-state index is 0.0765. The van der Waals surface area contributed by atoms with Crippen molar-refractivity contribution in [2.45, 2.75) is 26.3 Å². The van der Waals surface area contributed by atoms with Gasteiger partial charge in [0.05, 0.1) is 6.54 Å². The van der Waals surface area contributed by atoms with Gasteiger partial charge in [0.2, 0.25) is 0 Å². The van der Waals surface area contributed by atoms with Crippen LogP contribution in [0.5, 0.6) is 5.75 Å². The molecule has 18 heavy (non-hydrogen) atoms. The summed E-state index contributed by atoms with van der Waals surface area (Å²) in [5.74, 6) is -0.672. The Morgan fingerprint density at radius 3 is 2.61 bits per heavy atom. The maximum Gasteiger partial charge on any atom is 0.573 e. The van der Waals surface area contributed by atoms with Crippen LogP contribution in [0.2, 0.25) is 0 Å². The molecule has 0 amide bonds. The van der Waals surface area contributed by atoms with Crippen molar-refractivity contribution in [3.05, 3.63) is 29.8 Å². The summed E-state index contributed by atoms with van der Waals surface area (Å²) in [4.78, 5) is 11.7. The van der Waals surface area contributed by atoms with E-state index in [0.29, 0.717) is 0 Å². The fourth-order valence-electron chi connectivity index (χ4n) is 1.27. The zero-order valence-electron chi connectivity index (χ0n) is 10.0. The number of carbonyl (C=O) groups is 1. The molecule has 3 nitrogen and oxygen atoms in total. The van der Waals surface area contributed by atoms with Gasteiger partial charge in [0.15, 0.2) is 5.78 Å². The van der Waals surface area contributed by atoms with Crippen LogP contribution in [0.25, 0.3) is 0 Å². The number of nitrogens with one attached hydrogen (secondary N) is 1. The van der Waals surface area contributed by atoms with Crippen LogP contribution in [0.1, 0.15) is 24.2 Å². The van der Waals surface area contributed by atoms with E-state index in [9.17, 15) is 18.0 Å². The zero-order chi connectivity index (χ0) is 13.8. The molecule has 0 unspecified atom stereocenters. The number of benzene rings is 1. The Morgan fingerprint density at radius 1 is 1.39 bits per heavy atom. The molecule has 1 N–H and O–H groups in total. The molecule has 0 spiro atoms. The molecular formula is C12H14F3NO2. The van der Waals surface area contributed by atoms with Crippen LogP contribution in [-0.4, -0.2) is 24.7 Å². The van der Waals surface area contributed by atoms with Gasteiger partial charge in [-0.25, -0.2) is 0 Å². The van der Waals surface area contributed by atoms with Gasteiger partial charge in [-0.1, -0.05) is 26.0 Å². The van der Waals surface area contributed by atoms with Gasteiger partial charge in [-0.05, 0) is 12.1 Å². The van der Waals surface area contributed by atoms with Gasteiger partial charge >= 0.3 is 6.36 Å². The van der Waals surface area contributed by atoms with Crippen LogP contribution >= 0.6 is 0 Å². The van der Waals surface area contributed by atoms with Crippen molar-refractivity contribution in [3.63, 3.8) is 0 Å². The third-order valence-electron chi connectivity index (χ3n) is 2.06. The Hall–Kier alpha value is -1.56. The van der Waals surface area contributed by atoms with Crippen molar-refractivity contribution < 1.29 is 22.7 Å². The highest BCUT2D eigenvalue weighted by Crippen LogP contribution is 2.23. The number of carbonyl (C=O) groups excluding carboxylic acids is 1. The minimum atomic E-state index is -4.75. The lowest BCUT2D eigenvalue weighted by Gasteiger charge is -2.10. The maximum absolute atomic E-state index is 12.0. The number of halogens is 3. The summed E-state index contributed by atoms with van der Waals surface area (Å²) in [7, 11) is 0. The van der Waals surface area contributed by atoms with Gasteiger partial charge in [-0.15, -0.1) is 13.2 Å². The van der Waals surface area contributed by atoms with Crippen molar-refractivity contribution in [2.24, 2.45) is 0 Å². The van der Waals surface area contributed by atoms with Crippen LogP contribution < -0.4 is 10.1 Å². The first-order chi connectivity index (χ1) is 8.28. The van der Waals surface area contributed by atoms with E-state index in [1.54, 1.807) is 0 Å². The lowest BCUT2D eigenvalue weighted by molar-refractivity contribution is -0.274. The highest BCUT2D eigenvalue weighted by molar-refractivity contribution is 5.97. The zero-order valence-corrected chi connectivity index (χ0v) is 10.0. The minimum Gasteiger partial charge on any atom is -0.406 e.